The number of hydrogen-bond donors (Lipinski definition) is 1. The molecule has 0 aromatic rings. The van der Waals surface area contributed by atoms with Crippen molar-refractivity contribution in [1.82, 2.24) is 0 Å². The van der Waals surface area contributed by atoms with Crippen LogP contribution in [0.1, 0.15) is 52.9 Å². The topological polar surface area (TPSA) is 58.9 Å². The smallest absolute Gasteiger partial charge is 0.0811 e. The van der Waals surface area contributed by atoms with Crippen molar-refractivity contribution >= 4 is 0 Å². The molecule has 18 heavy (non-hydrogen) atoms. The van der Waals surface area contributed by atoms with Crippen molar-refractivity contribution in [3.05, 3.63) is 4.91 Å². The highest BCUT2D eigenvalue weighted by molar-refractivity contribution is 4.62. The normalized spacial score (nSPS) is 14.7. The fourth-order valence-corrected chi connectivity index (χ4v) is 1.80. The van der Waals surface area contributed by atoms with E-state index in [0.717, 1.165) is 45.3 Å². The van der Waals surface area contributed by atoms with Gasteiger partial charge in [0.05, 0.1) is 12.6 Å². The average molecular weight is 259 g/mol. The van der Waals surface area contributed by atoms with Crippen molar-refractivity contribution in [3.8, 4) is 0 Å². The molecule has 108 valence electrons. The van der Waals surface area contributed by atoms with Crippen LogP contribution in [0.2, 0.25) is 0 Å². The van der Waals surface area contributed by atoms with Gasteiger partial charge in [0.15, 0.2) is 0 Å². The Hall–Kier alpha value is -0.480. The molecule has 0 heterocycles. The predicted molar refractivity (Wildman–Crippen MR) is 74.6 cm³/mol. The van der Waals surface area contributed by atoms with E-state index < -0.39 is 0 Å². The van der Waals surface area contributed by atoms with Crippen molar-refractivity contribution in [2.24, 2.45) is 17.0 Å². The second-order valence-electron chi connectivity index (χ2n) is 5.54. The summed E-state index contributed by atoms with van der Waals surface area (Å²) in [5.41, 5.74) is 0. The van der Waals surface area contributed by atoms with Crippen LogP contribution >= 0.6 is 0 Å². The van der Waals surface area contributed by atoms with E-state index in [4.69, 9.17) is 4.74 Å². The third kappa shape index (κ3) is 12.0. The molecule has 0 amide bonds. The molecule has 2 unspecified atom stereocenters. The van der Waals surface area contributed by atoms with E-state index in [1.807, 2.05) is 6.92 Å². The summed E-state index contributed by atoms with van der Waals surface area (Å²) in [6.07, 6.45) is 4.36. The molecule has 0 spiro atoms. The lowest BCUT2D eigenvalue weighted by molar-refractivity contribution is 0.0773. The largest absolute Gasteiger partial charge is 0.393 e. The molecule has 0 saturated carbocycles. The SMILES string of the molecule is CC(C)CCOCC(CCCN=O)CCC(C)O. The van der Waals surface area contributed by atoms with Crippen LogP contribution < -0.4 is 0 Å². The summed E-state index contributed by atoms with van der Waals surface area (Å²) >= 11 is 0. The number of nitroso groups, excluding NO2 is 1. The zero-order valence-corrected chi connectivity index (χ0v) is 12.1. The van der Waals surface area contributed by atoms with E-state index in [-0.39, 0.29) is 6.10 Å². The highest BCUT2D eigenvalue weighted by Crippen LogP contribution is 2.16. The Morgan fingerprint density at radius 2 is 1.83 bits per heavy atom. The Balaban J connectivity index is 3.76. The maximum Gasteiger partial charge on any atom is 0.0811 e. The fourth-order valence-electron chi connectivity index (χ4n) is 1.80. The van der Waals surface area contributed by atoms with Crippen LogP contribution in [0.25, 0.3) is 0 Å². The van der Waals surface area contributed by atoms with Crippen molar-refractivity contribution in [3.63, 3.8) is 0 Å². The lowest BCUT2D eigenvalue weighted by Crippen LogP contribution is -2.14. The van der Waals surface area contributed by atoms with E-state index in [0.29, 0.717) is 18.4 Å². The highest BCUT2D eigenvalue weighted by atomic mass is 16.5. The minimum Gasteiger partial charge on any atom is -0.393 e. The quantitative estimate of drug-likeness (QED) is 0.432. The molecule has 4 heteroatoms. The van der Waals surface area contributed by atoms with Gasteiger partial charge in [-0.1, -0.05) is 19.0 Å². The van der Waals surface area contributed by atoms with Gasteiger partial charge >= 0.3 is 0 Å². The Labute approximate surface area is 111 Å². The summed E-state index contributed by atoms with van der Waals surface area (Å²) in [5, 5.41) is 12.2. The molecule has 2 atom stereocenters. The third-order valence-corrected chi connectivity index (χ3v) is 3.05. The van der Waals surface area contributed by atoms with Gasteiger partial charge in [0.2, 0.25) is 0 Å². The molecule has 0 aliphatic heterocycles. The van der Waals surface area contributed by atoms with Crippen LogP contribution in [-0.4, -0.2) is 31.0 Å². The van der Waals surface area contributed by atoms with Gasteiger partial charge in [0, 0.05) is 13.2 Å². The number of aliphatic hydroxyl groups is 1. The maximum atomic E-state index is 10.1. The van der Waals surface area contributed by atoms with Crippen molar-refractivity contribution in [1.29, 1.82) is 0 Å². The Bertz CT molecular complexity index is 195. The molecule has 0 bridgehead atoms. The van der Waals surface area contributed by atoms with Gasteiger partial charge in [-0.15, -0.1) is 0 Å². The average Bonchev–Trinajstić information content (AvgIpc) is 2.30. The molecule has 0 aromatic heterocycles. The van der Waals surface area contributed by atoms with E-state index in [1.165, 1.54) is 0 Å². The summed E-state index contributed by atoms with van der Waals surface area (Å²) in [5.74, 6) is 1.11. The van der Waals surface area contributed by atoms with Gasteiger partial charge in [-0.25, -0.2) is 0 Å². The molecule has 0 aliphatic rings. The zero-order valence-electron chi connectivity index (χ0n) is 12.1. The summed E-state index contributed by atoms with van der Waals surface area (Å²) in [6.45, 7) is 8.10. The van der Waals surface area contributed by atoms with Gasteiger partial charge in [-0.2, -0.15) is 4.91 Å². The standard InChI is InChI=1S/C14H29NO3/c1-12(2)8-10-18-11-14(5-4-9-15-17)7-6-13(3)16/h12-14,16H,4-11H2,1-3H3. The van der Waals surface area contributed by atoms with E-state index in [2.05, 4.69) is 19.0 Å². The van der Waals surface area contributed by atoms with Gasteiger partial charge in [0.1, 0.15) is 0 Å². The molecule has 0 rings (SSSR count). The highest BCUT2D eigenvalue weighted by Gasteiger charge is 2.10. The Morgan fingerprint density at radius 1 is 1.11 bits per heavy atom. The van der Waals surface area contributed by atoms with Crippen LogP contribution in [0.15, 0.2) is 5.18 Å². The number of rotatable bonds is 12. The molecular formula is C14H29NO3. The molecule has 0 saturated heterocycles. The summed E-state index contributed by atoms with van der Waals surface area (Å²) in [6, 6.07) is 0. The number of aliphatic hydroxyl groups excluding tert-OH is 1. The molecule has 4 nitrogen and oxygen atoms in total. The molecular weight excluding hydrogens is 230 g/mol. The molecule has 0 aliphatic carbocycles. The first-order valence-electron chi connectivity index (χ1n) is 7.11. The lowest BCUT2D eigenvalue weighted by Gasteiger charge is -2.17. The Kier molecular flexibility index (Phi) is 11.3. The molecule has 1 N–H and O–H groups in total. The molecule has 0 aromatic carbocycles. The first kappa shape index (κ1) is 17.5. The van der Waals surface area contributed by atoms with Crippen molar-refractivity contribution in [2.75, 3.05) is 19.8 Å². The minimum atomic E-state index is -0.257. The second-order valence-corrected chi connectivity index (χ2v) is 5.54. The van der Waals surface area contributed by atoms with Crippen molar-refractivity contribution < 1.29 is 9.84 Å². The number of nitrogens with zero attached hydrogens (tertiary/aromatic N) is 1. The fraction of sp³-hybridized carbons (Fsp3) is 1.00. The third-order valence-electron chi connectivity index (χ3n) is 3.05. The summed E-state index contributed by atoms with van der Waals surface area (Å²) in [7, 11) is 0. The molecule has 0 fully saturated rings. The van der Waals surface area contributed by atoms with E-state index >= 15 is 0 Å². The van der Waals surface area contributed by atoms with Crippen LogP contribution in [0.3, 0.4) is 0 Å². The van der Waals surface area contributed by atoms with Gasteiger partial charge in [-0.3, -0.25) is 0 Å². The van der Waals surface area contributed by atoms with Gasteiger partial charge in [-0.05, 0) is 50.9 Å². The number of ether oxygens (including phenoxy) is 1. The first-order valence-corrected chi connectivity index (χ1v) is 7.11. The number of hydrogen-bond acceptors (Lipinski definition) is 4. The van der Waals surface area contributed by atoms with E-state index in [9.17, 15) is 10.0 Å². The zero-order chi connectivity index (χ0) is 13.8. The molecule has 0 radical (unpaired) electrons. The van der Waals surface area contributed by atoms with Crippen LogP contribution in [0, 0.1) is 16.7 Å². The van der Waals surface area contributed by atoms with Crippen LogP contribution in [-0.2, 0) is 4.74 Å². The first-order chi connectivity index (χ1) is 8.56. The predicted octanol–water partition coefficient (Wildman–Crippen LogP) is 3.37. The Morgan fingerprint density at radius 3 is 2.39 bits per heavy atom. The monoisotopic (exact) mass is 259 g/mol. The minimum absolute atomic E-state index is 0.257. The maximum absolute atomic E-state index is 10.1. The van der Waals surface area contributed by atoms with Crippen molar-refractivity contribution in [2.45, 2.75) is 59.0 Å². The lowest BCUT2D eigenvalue weighted by atomic mass is 9.97. The summed E-state index contributed by atoms with van der Waals surface area (Å²) < 4.78 is 5.68. The summed E-state index contributed by atoms with van der Waals surface area (Å²) in [4.78, 5) is 10.1. The van der Waals surface area contributed by atoms with Gasteiger partial charge < -0.3 is 9.84 Å². The van der Waals surface area contributed by atoms with Crippen LogP contribution in [0.4, 0.5) is 0 Å². The second kappa shape index (κ2) is 11.6. The van der Waals surface area contributed by atoms with Crippen LogP contribution in [0.5, 0.6) is 0 Å². The van der Waals surface area contributed by atoms with E-state index in [1.54, 1.807) is 0 Å². The van der Waals surface area contributed by atoms with Gasteiger partial charge in [0.25, 0.3) is 0 Å².